The minimum Gasteiger partial charge on any atom is -0.378 e. The Hall–Kier alpha value is -1.90. The standard InChI is InChI=1S/C23H31N3O4S/c1-25-19-14-17(31(24,28)29)13-18(15-7-8-15)20(19)21(22(25)16-5-3-2-4-6-16)23(27)26-9-11-30-12-10-26/h13-16H,2-12H2,1H3,(H2,24,28,29). The molecule has 2 heterocycles. The number of amides is 1. The first-order valence-corrected chi connectivity index (χ1v) is 13.0. The van der Waals surface area contributed by atoms with Crippen molar-refractivity contribution in [2.75, 3.05) is 26.3 Å². The number of morpholine rings is 1. The number of benzene rings is 1. The average Bonchev–Trinajstić information content (AvgIpc) is 3.57. The summed E-state index contributed by atoms with van der Waals surface area (Å²) in [5, 5.41) is 6.46. The smallest absolute Gasteiger partial charge is 0.256 e. The van der Waals surface area contributed by atoms with Crippen LogP contribution >= 0.6 is 0 Å². The van der Waals surface area contributed by atoms with E-state index in [9.17, 15) is 13.2 Å². The maximum Gasteiger partial charge on any atom is 0.256 e. The van der Waals surface area contributed by atoms with Crippen molar-refractivity contribution >= 4 is 26.8 Å². The predicted molar refractivity (Wildman–Crippen MR) is 119 cm³/mol. The maximum absolute atomic E-state index is 13.9. The number of hydrogen-bond acceptors (Lipinski definition) is 4. The Morgan fingerprint density at radius 3 is 2.32 bits per heavy atom. The molecule has 1 saturated heterocycles. The predicted octanol–water partition coefficient (Wildman–Crippen LogP) is 3.22. The summed E-state index contributed by atoms with van der Waals surface area (Å²) < 4.78 is 32.0. The molecule has 2 aromatic rings. The van der Waals surface area contributed by atoms with E-state index in [2.05, 4.69) is 4.57 Å². The lowest BCUT2D eigenvalue weighted by Gasteiger charge is -2.29. The highest BCUT2D eigenvalue weighted by atomic mass is 32.2. The van der Waals surface area contributed by atoms with Gasteiger partial charge < -0.3 is 14.2 Å². The van der Waals surface area contributed by atoms with Crippen LogP contribution in [0.3, 0.4) is 0 Å². The number of hydrogen-bond donors (Lipinski definition) is 1. The second kappa shape index (κ2) is 7.90. The molecule has 7 nitrogen and oxygen atoms in total. The summed E-state index contributed by atoms with van der Waals surface area (Å²) in [6.07, 6.45) is 7.72. The molecule has 1 aromatic carbocycles. The van der Waals surface area contributed by atoms with Crippen molar-refractivity contribution in [3.05, 3.63) is 29.0 Å². The van der Waals surface area contributed by atoms with Gasteiger partial charge in [-0.2, -0.15) is 0 Å². The number of fused-ring (bicyclic) bond motifs is 1. The molecule has 2 aliphatic carbocycles. The van der Waals surface area contributed by atoms with Crippen molar-refractivity contribution in [3.63, 3.8) is 0 Å². The van der Waals surface area contributed by atoms with Gasteiger partial charge in [0.1, 0.15) is 0 Å². The van der Waals surface area contributed by atoms with E-state index in [0.29, 0.717) is 38.1 Å². The first-order valence-electron chi connectivity index (χ1n) is 11.4. The van der Waals surface area contributed by atoms with E-state index in [1.807, 2.05) is 11.9 Å². The van der Waals surface area contributed by atoms with Crippen molar-refractivity contribution in [1.29, 1.82) is 0 Å². The summed E-state index contributed by atoms with van der Waals surface area (Å²) in [5.74, 6) is 0.665. The maximum atomic E-state index is 13.9. The van der Waals surface area contributed by atoms with Gasteiger partial charge in [0.2, 0.25) is 10.0 Å². The van der Waals surface area contributed by atoms with E-state index in [4.69, 9.17) is 9.88 Å². The normalized spacial score (nSPS) is 21.0. The van der Waals surface area contributed by atoms with Crippen LogP contribution in [0, 0.1) is 0 Å². The van der Waals surface area contributed by atoms with E-state index in [0.717, 1.165) is 66.2 Å². The zero-order valence-corrected chi connectivity index (χ0v) is 18.9. The third-order valence-corrected chi connectivity index (χ3v) is 8.09. The van der Waals surface area contributed by atoms with Gasteiger partial charge in [-0.05, 0) is 49.3 Å². The van der Waals surface area contributed by atoms with Crippen molar-refractivity contribution in [2.24, 2.45) is 12.2 Å². The molecule has 0 spiro atoms. The third kappa shape index (κ3) is 3.79. The lowest BCUT2D eigenvalue weighted by Crippen LogP contribution is -2.41. The minimum atomic E-state index is -3.83. The number of ether oxygens (including phenoxy) is 1. The van der Waals surface area contributed by atoms with E-state index in [-0.39, 0.29) is 10.8 Å². The fourth-order valence-corrected chi connectivity index (χ4v) is 6.03. The van der Waals surface area contributed by atoms with Crippen molar-refractivity contribution in [2.45, 2.75) is 61.7 Å². The van der Waals surface area contributed by atoms with Crippen LogP contribution < -0.4 is 5.14 Å². The van der Waals surface area contributed by atoms with Crippen LogP contribution in [0.15, 0.2) is 17.0 Å². The van der Waals surface area contributed by atoms with Crippen molar-refractivity contribution < 1.29 is 17.9 Å². The first kappa shape index (κ1) is 21.0. The van der Waals surface area contributed by atoms with Gasteiger partial charge in [0.05, 0.1) is 29.2 Å². The minimum absolute atomic E-state index is 0.0553. The monoisotopic (exact) mass is 445 g/mol. The summed E-state index contributed by atoms with van der Waals surface area (Å²) >= 11 is 0. The van der Waals surface area contributed by atoms with Gasteiger partial charge in [0.15, 0.2) is 0 Å². The number of rotatable bonds is 4. The molecule has 5 rings (SSSR count). The van der Waals surface area contributed by atoms with E-state index in [1.165, 1.54) is 6.42 Å². The Balaban J connectivity index is 1.77. The Bertz CT molecular complexity index is 1120. The van der Waals surface area contributed by atoms with Gasteiger partial charge in [-0.1, -0.05) is 19.3 Å². The molecule has 2 N–H and O–H groups in total. The third-order valence-electron chi connectivity index (χ3n) is 7.20. The van der Waals surface area contributed by atoms with Crippen LogP contribution in [0.1, 0.15) is 78.4 Å². The zero-order chi connectivity index (χ0) is 21.8. The molecule has 0 bridgehead atoms. The molecular weight excluding hydrogens is 414 g/mol. The molecule has 1 aliphatic heterocycles. The molecule has 3 aliphatic rings. The highest BCUT2D eigenvalue weighted by molar-refractivity contribution is 7.89. The summed E-state index contributed by atoms with van der Waals surface area (Å²) in [6.45, 7) is 2.29. The number of primary sulfonamides is 1. The molecule has 0 unspecified atom stereocenters. The van der Waals surface area contributed by atoms with Gasteiger partial charge in [0, 0.05) is 37.1 Å². The molecule has 1 aromatic heterocycles. The van der Waals surface area contributed by atoms with Crippen LogP contribution in [0.25, 0.3) is 10.9 Å². The zero-order valence-electron chi connectivity index (χ0n) is 18.1. The van der Waals surface area contributed by atoms with Gasteiger partial charge in [0.25, 0.3) is 5.91 Å². The number of nitrogens with two attached hydrogens (primary N) is 1. The fourth-order valence-electron chi connectivity index (χ4n) is 5.46. The number of carbonyl (C=O) groups is 1. The van der Waals surface area contributed by atoms with Gasteiger partial charge >= 0.3 is 0 Å². The second-order valence-corrected chi connectivity index (χ2v) is 10.8. The summed E-state index contributed by atoms with van der Waals surface area (Å²) in [5.41, 5.74) is 3.63. The first-order chi connectivity index (χ1) is 14.9. The van der Waals surface area contributed by atoms with Crippen LogP contribution in [0.5, 0.6) is 0 Å². The highest BCUT2D eigenvalue weighted by Crippen LogP contribution is 2.48. The number of nitrogens with zero attached hydrogens (tertiary/aromatic N) is 2. The van der Waals surface area contributed by atoms with E-state index >= 15 is 0 Å². The number of carbonyl (C=O) groups excluding carboxylic acids is 1. The Morgan fingerprint density at radius 1 is 1.03 bits per heavy atom. The Labute approximate surface area is 183 Å². The molecule has 8 heteroatoms. The summed E-state index contributed by atoms with van der Waals surface area (Å²) in [4.78, 5) is 15.9. The fraction of sp³-hybridized carbons (Fsp3) is 0.609. The number of sulfonamides is 1. The molecule has 1 amide bonds. The van der Waals surface area contributed by atoms with Gasteiger partial charge in [-0.25, -0.2) is 13.6 Å². The Morgan fingerprint density at radius 2 is 1.71 bits per heavy atom. The molecule has 31 heavy (non-hydrogen) atoms. The van der Waals surface area contributed by atoms with Gasteiger partial charge in [-0.3, -0.25) is 4.79 Å². The van der Waals surface area contributed by atoms with Crippen LogP contribution in [0.4, 0.5) is 0 Å². The SMILES string of the molecule is Cn1c(C2CCCCC2)c(C(=O)N2CCOCC2)c2c(C3CC3)cc(S(N)(=O)=O)cc21. The second-order valence-electron chi connectivity index (χ2n) is 9.28. The molecule has 3 fully saturated rings. The van der Waals surface area contributed by atoms with Crippen LogP contribution in [-0.2, 0) is 21.8 Å². The van der Waals surface area contributed by atoms with Gasteiger partial charge in [-0.15, -0.1) is 0 Å². The quantitative estimate of drug-likeness (QED) is 0.782. The number of aryl methyl sites for hydroxylation is 1. The lowest BCUT2D eigenvalue weighted by atomic mass is 9.84. The topological polar surface area (TPSA) is 94.6 Å². The molecule has 168 valence electrons. The summed E-state index contributed by atoms with van der Waals surface area (Å²) in [7, 11) is -1.86. The molecular formula is C23H31N3O4S. The molecule has 0 radical (unpaired) electrons. The lowest BCUT2D eigenvalue weighted by molar-refractivity contribution is 0.0302. The molecule has 2 saturated carbocycles. The van der Waals surface area contributed by atoms with Crippen molar-refractivity contribution in [1.82, 2.24) is 9.47 Å². The largest absolute Gasteiger partial charge is 0.378 e. The highest BCUT2D eigenvalue weighted by Gasteiger charge is 2.36. The van der Waals surface area contributed by atoms with E-state index in [1.54, 1.807) is 12.1 Å². The van der Waals surface area contributed by atoms with Crippen LogP contribution in [-0.4, -0.2) is 50.1 Å². The molecule has 0 atom stereocenters. The van der Waals surface area contributed by atoms with Crippen molar-refractivity contribution in [3.8, 4) is 0 Å². The Kier molecular flexibility index (Phi) is 5.35. The van der Waals surface area contributed by atoms with Crippen LogP contribution in [0.2, 0.25) is 0 Å². The summed E-state index contributed by atoms with van der Waals surface area (Å²) in [6, 6.07) is 3.38. The van der Waals surface area contributed by atoms with E-state index < -0.39 is 10.0 Å². The average molecular weight is 446 g/mol. The number of aromatic nitrogens is 1.